The van der Waals surface area contributed by atoms with Crippen LogP contribution in [0.15, 0.2) is 30.4 Å². The quantitative estimate of drug-likeness (QED) is 0.459. The summed E-state index contributed by atoms with van der Waals surface area (Å²) in [4.78, 5) is 28.8. The number of rotatable bonds is 3. The summed E-state index contributed by atoms with van der Waals surface area (Å²) in [7, 11) is 3.15. The number of allylic oxidation sites excluding steroid dienone is 2. The number of amides is 2. The van der Waals surface area contributed by atoms with Crippen molar-refractivity contribution in [3.63, 3.8) is 0 Å². The fourth-order valence-electron chi connectivity index (χ4n) is 7.76. The van der Waals surface area contributed by atoms with Gasteiger partial charge in [0.2, 0.25) is 11.8 Å². The molecule has 1 aliphatic heterocycles. The summed E-state index contributed by atoms with van der Waals surface area (Å²) in [6.07, 6.45) is 7.01. The summed E-state index contributed by atoms with van der Waals surface area (Å²) in [5, 5.41) is 0. The van der Waals surface area contributed by atoms with Gasteiger partial charge in [-0.15, -0.1) is 0 Å². The highest BCUT2D eigenvalue weighted by Crippen LogP contribution is 2.74. The van der Waals surface area contributed by atoms with E-state index in [0.717, 1.165) is 6.42 Å². The van der Waals surface area contributed by atoms with E-state index in [1.807, 2.05) is 0 Å². The van der Waals surface area contributed by atoms with Crippen LogP contribution in [0.25, 0.3) is 0 Å². The topological polar surface area (TPSA) is 55.8 Å². The van der Waals surface area contributed by atoms with Crippen LogP contribution in [0.4, 0.5) is 5.69 Å². The number of carbonyl (C=O) groups is 2. The number of imide groups is 1. The molecule has 1 aromatic rings. The Labute approximate surface area is 164 Å². The Morgan fingerprint density at radius 2 is 1.79 bits per heavy atom. The van der Waals surface area contributed by atoms with E-state index in [1.54, 1.807) is 32.4 Å². The lowest BCUT2D eigenvalue weighted by atomic mass is 9.59. The molecule has 4 aliphatic carbocycles. The first-order valence-corrected chi connectivity index (χ1v) is 10.3. The van der Waals surface area contributed by atoms with Gasteiger partial charge >= 0.3 is 0 Å². The Morgan fingerprint density at radius 3 is 2.50 bits per heavy atom. The number of methoxy groups -OCH3 is 2. The Balaban J connectivity index is 1.44. The van der Waals surface area contributed by atoms with Gasteiger partial charge in [0.25, 0.3) is 0 Å². The lowest BCUT2D eigenvalue weighted by Crippen LogP contribution is -2.45. The molecule has 8 unspecified atom stereocenters. The maximum atomic E-state index is 13.7. The smallest absolute Gasteiger partial charge is 0.240 e. The minimum absolute atomic E-state index is 0.0336. The van der Waals surface area contributed by atoms with E-state index >= 15 is 0 Å². The third kappa shape index (κ3) is 1.66. The number of benzene rings is 1. The number of hydrogen-bond donors (Lipinski definition) is 0. The molecule has 1 heterocycles. The molecule has 0 spiro atoms. The van der Waals surface area contributed by atoms with Crippen LogP contribution in [0.2, 0.25) is 0 Å². The maximum absolute atomic E-state index is 13.7. The van der Waals surface area contributed by atoms with Gasteiger partial charge < -0.3 is 9.47 Å². The summed E-state index contributed by atoms with van der Waals surface area (Å²) in [6.45, 7) is 2.06. The highest BCUT2D eigenvalue weighted by Gasteiger charge is 2.76. The predicted molar refractivity (Wildman–Crippen MR) is 103 cm³/mol. The van der Waals surface area contributed by atoms with Crippen molar-refractivity contribution in [1.82, 2.24) is 0 Å². The second-order valence-electron chi connectivity index (χ2n) is 9.39. The Hall–Kier alpha value is -2.30. The van der Waals surface area contributed by atoms with Crippen molar-refractivity contribution >= 4 is 17.5 Å². The van der Waals surface area contributed by atoms with E-state index in [0.29, 0.717) is 52.7 Å². The number of carbonyl (C=O) groups excluding carboxylic acids is 2. The van der Waals surface area contributed by atoms with Crippen molar-refractivity contribution in [3.05, 3.63) is 30.4 Å². The lowest BCUT2D eigenvalue weighted by molar-refractivity contribution is -0.132. The van der Waals surface area contributed by atoms with E-state index in [-0.39, 0.29) is 17.7 Å². The molecule has 6 rings (SSSR count). The van der Waals surface area contributed by atoms with E-state index in [1.165, 1.54) is 11.3 Å². The van der Waals surface area contributed by atoms with Crippen molar-refractivity contribution in [2.24, 2.45) is 46.8 Å². The molecule has 5 nitrogen and oxygen atoms in total. The lowest BCUT2D eigenvalue weighted by Gasteiger charge is -2.42. The van der Waals surface area contributed by atoms with Gasteiger partial charge in [-0.05, 0) is 67.4 Å². The van der Waals surface area contributed by atoms with Gasteiger partial charge in [-0.25, -0.2) is 4.90 Å². The molecule has 8 atom stereocenters. The molecule has 0 radical (unpaired) electrons. The van der Waals surface area contributed by atoms with Gasteiger partial charge in [0, 0.05) is 6.07 Å². The van der Waals surface area contributed by atoms with E-state index in [4.69, 9.17) is 9.47 Å². The molecule has 1 saturated heterocycles. The molecular formula is C23H25NO4. The van der Waals surface area contributed by atoms with Crippen LogP contribution in [0, 0.1) is 46.8 Å². The summed E-state index contributed by atoms with van der Waals surface area (Å²) < 4.78 is 10.8. The number of nitrogens with zero attached hydrogens (tertiary/aromatic N) is 1. The van der Waals surface area contributed by atoms with Gasteiger partial charge in [-0.2, -0.15) is 0 Å². The number of fused-ring (bicyclic) bond motifs is 12. The van der Waals surface area contributed by atoms with Crippen LogP contribution in [0.1, 0.15) is 19.8 Å². The SMILES string of the molecule is COc1ccc(N2C(=O)C3C4CC(C5C6C=CC(C6)C45)C3(C)C2=O)c(OC)c1. The van der Waals surface area contributed by atoms with Crippen LogP contribution < -0.4 is 14.4 Å². The average Bonchev–Trinajstić information content (AvgIpc) is 3.48. The summed E-state index contributed by atoms with van der Waals surface area (Å²) in [5.41, 5.74) is -0.0359. The summed E-state index contributed by atoms with van der Waals surface area (Å²) >= 11 is 0. The molecule has 4 bridgehead atoms. The Kier molecular flexibility index (Phi) is 3.08. The molecule has 0 aromatic heterocycles. The van der Waals surface area contributed by atoms with E-state index in [9.17, 15) is 9.59 Å². The Bertz CT molecular complexity index is 939. The van der Waals surface area contributed by atoms with Crippen molar-refractivity contribution in [1.29, 1.82) is 0 Å². The van der Waals surface area contributed by atoms with Gasteiger partial charge in [-0.3, -0.25) is 9.59 Å². The molecule has 146 valence electrons. The minimum Gasteiger partial charge on any atom is -0.497 e. The normalized spacial score (nSPS) is 44.4. The van der Waals surface area contributed by atoms with Crippen LogP contribution in [0.5, 0.6) is 11.5 Å². The van der Waals surface area contributed by atoms with E-state index < -0.39 is 5.41 Å². The van der Waals surface area contributed by atoms with Crippen molar-refractivity contribution in [3.8, 4) is 11.5 Å². The molecular weight excluding hydrogens is 354 g/mol. The van der Waals surface area contributed by atoms with Gasteiger partial charge in [0.15, 0.2) is 0 Å². The highest BCUT2D eigenvalue weighted by molar-refractivity contribution is 6.24. The minimum atomic E-state index is -0.577. The summed E-state index contributed by atoms with van der Waals surface area (Å²) in [6, 6.07) is 5.29. The first-order valence-electron chi connectivity index (χ1n) is 10.3. The second kappa shape index (κ2) is 5.19. The molecule has 4 fully saturated rings. The zero-order chi connectivity index (χ0) is 19.4. The monoisotopic (exact) mass is 379 g/mol. The van der Waals surface area contributed by atoms with Crippen molar-refractivity contribution in [2.75, 3.05) is 19.1 Å². The molecule has 2 amide bonds. The molecule has 5 heteroatoms. The fourth-order valence-corrected chi connectivity index (χ4v) is 7.76. The first kappa shape index (κ1) is 16.6. The second-order valence-corrected chi connectivity index (χ2v) is 9.39. The number of ether oxygens (including phenoxy) is 2. The molecule has 0 N–H and O–H groups in total. The average molecular weight is 379 g/mol. The van der Waals surface area contributed by atoms with E-state index in [2.05, 4.69) is 19.1 Å². The largest absolute Gasteiger partial charge is 0.497 e. The van der Waals surface area contributed by atoms with Gasteiger partial charge in [0.05, 0.1) is 31.2 Å². The first-order chi connectivity index (χ1) is 13.5. The zero-order valence-corrected chi connectivity index (χ0v) is 16.4. The standard InChI is InChI=1S/C23H25NO4/c1-23-15-10-14(18-11-4-5-12(8-11)19(15)18)20(23)21(25)24(22(23)26)16-7-6-13(27-2)9-17(16)28-3/h4-7,9,11-12,14-15,18-20H,8,10H2,1-3H3. The fraction of sp³-hybridized carbons (Fsp3) is 0.565. The predicted octanol–water partition coefficient (Wildman–Crippen LogP) is 3.29. The molecule has 28 heavy (non-hydrogen) atoms. The third-order valence-electron chi connectivity index (χ3n) is 8.69. The van der Waals surface area contributed by atoms with Crippen LogP contribution in [-0.4, -0.2) is 26.0 Å². The summed E-state index contributed by atoms with van der Waals surface area (Å²) in [5.74, 6) is 3.93. The molecule has 5 aliphatic rings. The van der Waals surface area contributed by atoms with Gasteiger partial charge in [-0.1, -0.05) is 12.2 Å². The number of hydrogen-bond acceptors (Lipinski definition) is 4. The van der Waals surface area contributed by atoms with Gasteiger partial charge in [0.1, 0.15) is 11.5 Å². The van der Waals surface area contributed by atoms with Crippen LogP contribution in [-0.2, 0) is 9.59 Å². The maximum Gasteiger partial charge on any atom is 0.240 e. The van der Waals surface area contributed by atoms with Crippen molar-refractivity contribution < 1.29 is 19.1 Å². The Morgan fingerprint density at radius 1 is 1.04 bits per heavy atom. The molecule has 1 aromatic carbocycles. The van der Waals surface area contributed by atoms with Crippen LogP contribution in [0.3, 0.4) is 0 Å². The van der Waals surface area contributed by atoms with Crippen molar-refractivity contribution in [2.45, 2.75) is 19.8 Å². The zero-order valence-electron chi connectivity index (χ0n) is 16.4. The third-order valence-corrected chi connectivity index (χ3v) is 8.69. The van der Waals surface area contributed by atoms with Crippen LogP contribution >= 0.6 is 0 Å². The number of anilines is 1. The molecule has 3 saturated carbocycles. The highest BCUT2D eigenvalue weighted by atomic mass is 16.5.